The van der Waals surface area contributed by atoms with Gasteiger partial charge in [0.2, 0.25) is 0 Å². The molecule has 7 nitrogen and oxygen atoms in total. The molecule has 0 unspecified atom stereocenters. The molecular formula is C26H25Cl2N3O4. The fraction of sp³-hybridized carbons (Fsp3) is 0.192. The zero-order valence-electron chi connectivity index (χ0n) is 19.2. The van der Waals surface area contributed by atoms with Gasteiger partial charge in [-0.15, -0.1) is 0 Å². The molecule has 0 aliphatic heterocycles. The summed E-state index contributed by atoms with van der Waals surface area (Å²) in [5.41, 5.74) is 4.12. The Morgan fingerprint density at radius 1 is 1.00 bits per heavy atom. The van der Waals surface area contributed by atoms with E-state index in [9.17, 15) is 9.59 Å². The number of carbonyl (C=O) groups is 2. The zero-order valence-corrected chi connectivity index (χ0v) is 20.7. The van der Waals surface area contributed by atoms with Crippen molar-refractivity contribution in [3.63, 3.8) is 0 Å². The fourth-order valence-corrected chi connectivity index (χ4v) is 3.59. The van der Waals surface area contributed by atoms with E-state index in [4.69, 9.17) is 32.7 Å². The van der Waals surface area contributed by atoms with Crippen molar-refractivity contribution in [3.8, 4) is 11.5 Å². The number of hydrogen-bond acceptors (Lipinski definition) is 5. The summed E-state index contributed by atoms with van der Waals surface area (Å²) in [5.74, 6) is 0.0249. The Balaban J connectivity index is 1.68. The predicted molar refractivity (Wildman–Crippen MR) is 137 cm³/mol. The molecule has 3 rings (SSSR count). The molecule has 182 valence electrons. The average Bonchev–Trinajstić information content (AvgIpc) is 2.86. The lowest BCUT2D eigenvalue weighted by Gasteiger charge is -2.21. The van der Waals surface area contributed by atoms with E-state index in [2.05, 4.69) is 15.8 Å². The lowest BCUT2D eigenvalue weighted by molar-refractivity contribution is -0.132. The maximum absolute atomic E-state index is 12.9. The molecule has 0 aliphatic rings. The Labute approximate surface area is 214 Å². The lowest BCUT2D eigenvalue weighted by atomic mass is 10.1. The SMILES string of the molecule is COc1cccc(/C=N\NC(=O)[C@H](Cc2ccccc2)NC(=O)[C@@H](C)Oc2ccc(Cl)cc2Cl)c1. The first kappa shape index (κ1) is 26.1. The number of nitrogens with zero attached hydrogens (tertiary/aromatic N) is 1. The van der Waals surface area contributed by atoms with Crippen LogP contribution in [0.25, 0.3) is 0 Å². The summed E-state index contributed by atoms with van der Waals surface area (Å²) >= 11 is 12.1. The van der Waals surface area contributed by atoms with Gasteiger partial charge in [0, 0.05) is 11.4 Å². The maximum Gasteiger partial charge on any atom is 0.262 e. The molecule has 0 saturated heterocycles. The smallest absolute Gasteiger partial charge is 0.262 e. The highest BCUT2D eigenvalue weighted by molar-refractivity contribution is 6.35. The molecule has 0 radical (unpaired) electrons. The van der Waals surface area contributed by atoms with Crippen LogP contribution in [0.4, 0.5) is 0 Å². The molecule has 0 spiro atoms. The third kappa shape index (κ3) is 8.02. The van der Waals surface area contributed by atoms with Gasteiger partial charge >= 0.3 is 0 Å². The summed E-state index contributed by atoms with van der Waals surface area (Å²) in [6.07, 6.45) is 0.845. The van der Waals surface area contributed by atoms with Crippen molar-refractivity contribution < 1.29 is 19.1 Å². The van der Waals surface area contributed by atoms with Crippen molar-refractivity contribution in [1.29, 1.82) is 0 Å². The van der Waals surface area contributed by atoms with Gasteiger partial charge in [0.1, 0.15) is 17.5 Å². The molecular weight excluding hydrogens is 489 g/mol. The van der Waals surface area contributed by atoms with Crippen LogP contribution in [-0.2, 0) is 16.0 Å². The van der Waals surface area contributed by atoms with Crippen LogP contribution in [0.1, 0.15) is 18.1 Å². The van der Waals surface area contributed by atoms with Gasteiger partial charge in [-0.1, -0.05) is 65.7 Å². The average molecular weight is 514 g/mol. The minimum atomic E-state index is -0.917. The number of halogens is 2. The van der Waals surface area contributed by atoms with E-state index in [0.717, 1.165) is 11.1 Å². The van der Waals surface area contributed by atoms with Gasteiger partial charge in [-0.25, -0.2) is 5.43 Å². The van der Waals surface area contributed by atoms with Gasteiger partial charge in [-0.2, -0.15) is 5.10 Å². The molecule has 2 atom stereocenters. The standard InChI is InChI=1S/C26H25Cl2N3O4/c1-17(35-24-12-11-20(27)15-22(24)28)25(32)30-23(14-18-7-4-3-5-8-18)26(33)31-29-16-19-9-6-10-21(13-19)34-2/h3-13,15-17,23H,14H2,1-2H3,(H,30,32)(H,31,33)/b29-16-/t17-,23+/m1/s1. The highest BCUT2D eigenvalue weighted by Crippen LogP contribution is 2.28. The fourth-order valence-electron chi connectivity index (χ4n) is 3.13. The van der Waals surface area contributed by atoms with Gasteiger partial charge in [0.25, 0.3) is 11.8 Å². The van der Waals surface area contributed by atoms with Crippen molar-refractivity contribution in [3.05, 3.63) is 94.0 Å². The number of ether oxygens (including phenoxy) is 2. The van der Waals surface area contributed by atoms with Crippen molar-refractivity contribution in [2.45, 2.75) is 25.5 Å². The van der Waals surface area contributed by atoms with E-state index >= 15 is 0 Å². The van der Waals surface area contributed by atoms with E-state index in [1.165, 1.54) is 12.3 Å². The van der Waals surface area contributed by atoms with E-state index in [-0.39, 0.29) is 11.4 Å². The summed E-state index contributed by atoms with van der Waals surface area (Å²) in [6, 6.07) is 20.4. The van der Waals surface area contributed by atoms with Gasteiger partial charge in [-0.05, 0) is 48.4 Å². The second-order valence-corrected chi connectivity index (χ2v) is 8.44. The van der Waals surface area contributed by atoms with E-state index in [1.807, 2.05) is 48.5 Å². The van der Waals surface area contributed by atoms with Gasteiger partial charge in [0.15, 0.2) is 6.10 Å². The number of rotatable bonds is 10. The second kappa shape index (κ2) is 12.8. The Hall–Kier alpha value is -3.55. The highest BCUT2D eigenvalue weighted by atomic mass is 35.5. The van der Waals surface area contributed by atoms with Crippen LogP contribution < -0.4 is 20.2 Å². The highest BCUT2D eigenvalue weighted by Gasteiger charge is 2.25. The third-order valence-corrected chi connectivity index (χ3v) is 5.50. The monoisotopic (exact) mass is 513 g/mol. The predicted octanol–water partition coefficient (Wildman–Crippen LogP) is 4.65. The molecule has 9 heteroatoms. The molecule has 35 heavy (non-hydrogen) atoms. The summed E-state index contributed by atoms with van der Waals surface area (Å²) in [4.78, 5) is 25.8. The number of carbonyl (C=O) groups excluding carboxylic acids is 2. The molecule has 2 N–H and O–H groups in total. The first-order valence-corrected chi connectivity index (χ1v) is 11.5. The largest absolute Gasteiger partial charge is 0.497 e. The summed E-state index contributed by atoms with van der Waals surface area (Å²) in [7, 11) is 1.57. The van der Waals surface area contributed by atoms with Crippen molar-refractivity contribution >= 4 is 41.2 Å². The van der Waals surface area contributed by atoms with Gasteiger partial charge in [-0.3, -0.25) is 9.59 Å². The van der Waals surface area contributed by atoms with Crippen LogP contribution in [-0.4, -0.2) is 37.3 Å². The van der Waals surface area contributed by atoms with E-state index in [1.54, 1.807) is 32.2 Å². The first-order chi connectivity index (χ1) is 16.9. The third-order valence-electron chi connectivity index (χ3n) is 4.96. The van der Waals surface area contributed by atoms with Crippen LogP contribution >= 0.6 is 23.2 Å². The molecule has 0 aliphatic carbocycles. The molecule has 3 aromatic carbocycles. The zero-order chi connectivity index (χ0) is 25.2. The van der Waals surface area contributed by atoms with Gasteiger partial charge in [0.05, 0.1) is 18.3 Å². The van der Waals surface area contributed by atoms with Crippen molar-refractivity contribution in [1.82, 2.24) is 10.7 Å². The van der Waals surface area contributed by atoms with Crippen LogP contribution in [0.15, 0.2) is 77.9 Å². The quantitative estimate of drug-likeness (QED) is 0.305. The Morgan fingerprint density at radius 3 is 2.49 bits per heavy atom. The summed E-state index contributed by atoms with van der Waals surface area (Å²) in [6.45, 7) is 1.57. The Kier molecular flexibility index (Phi) is 9.52. The lowest BCUT2D eigenvalue weighted by Crippen LogP contribution is -2.50. The number of nitrogens with one attached hydrogen (secondary N) is 2. The number of amides is 2. The summed E-state index contributed by atoms with van der Waals surface area (Å²) < 4.78 is 10.9. The first-order valence-electron chi connectivity index (χ1n) is 10.8. The topological polar surface area (TPSA) is 89.0 Å². The molecule has 0 fully saturated rings. The Bertz CT molecular complexity index is 1190. The summed E-state index contributed by atoms with van der Waals surface area (Å²) in [5, 5.41) is 7.50. The maximum atomic E-state index is 12.9. The van der Waals surface area contributed by atoms with Gasteiger partial charge < -0.3 is 14.8 Å². The minimum Gasteiger partial charge on any atom is -0.497 e. The second-order valence-electron chi connectivity index (χ2n) is 7.60. The van der Waals surface area contributed by atoms with Crippen molar-refractivity contribution in [2.75, 3.05) is 7.11 Å². The number of benzene rings is 3. The molecule has 0 saturated carbocycles. The van der Waals surface area contributed by atoms with Crippen LogP contribution in [0.2, 0.25) is 10.0 Å². The Morgan fingerprint density at radius 2 is 1.77 bits per heavy atom. The number of hydrogen-bond donors (Lipinski definition) is 2. The molecule has 3 aromatic rings. The van der Waals surface area contributed by atoms with E-state index < -0.39 is 24.0 Å². The molecule has 2 amide bonds. The number of methoxy groups -OCH3 is 1. The van der Waals surface area contributed by atoms with Crippen molar-refractivity contribution in [2.24, 2.45) is 5.10 Å². The van der Waals surface area contributed by atoms with E-state index in [0.29, 0.717) is 16.5 Å². The van der Waals surface area contributed by atoms with Crippen LogP contribution in [0, 0.1) is 0 Å². The van der Waals surface area contributed by atoms with Crippen LogP contribution in [0.5, 0.6) is 11.5 Å². The number of hydrazone groups is 1. The van der Waals surface area contributed by atoms with Crippen LogP contribution in [0.3, 0.4) is 0 Å². The normalized spacial score (nSPS) is 12.6. The molecule has 0 aromatic heterocycles. The minimum absolute atomic E-state index is 0.265. The molecule has 0 bridgehead atoms. The molecule has 0 heterocycles.